The second-order valence-corrected chi connectivity index (χ2v) is 5.03. The van der Waals surface area contributed by atoms with Gasteiger partial charge in [-0.15, -0.1) is 0 Å². The standard InChI is InChI=1S/C14H15F3N4O2/c1-8-11(12(22)21-20-8)6-7-18-13(23)19-10-4-2-9(3-5-10)14(15,16)17/h2-5,11H,6-7H2,1H3,(H,21,22)(H2,18,19,23)/t11-/m1/s1. The molecule has 0 fully saturated rings. The molecule has 1 aliphatic rings. The third-order valence-electron chi connectivity index (χ3n) is 3.35. The molecule has 0 radical (unpaired) electrons. The SMILES string of the molecule is CC1=NNC(=O)[C@@H]1CCNC(=O)Nc1ccc(C(F)(F)F)cc1. The quantitative estimate of drug-likeness (QED) is 0.793. The van der Waals surface area contributed by atoms with Crippen LogP contribution in [-0.2, 0) is 11.0 Å². The molecule has 0 spiro atoms. The van der Waals surface area contributed by atoms with Crippen LogP contribution in [0, 0.1) is 5.92 Å². The van der Waals surface area contributed by atoms with Crippen molar-refractivity contribution in [1.29, 1.82) is 0 Å². The number of nitrogens with zero attached hydrogens (tertiary/aromatic N) is 1. The molecule has 0 unspecified atom stereocenters. The number of hydrazone groups is 1. The van der Waals surface area contributed by atoms with Crippen LogP contribution in [0.5, 0.6) is 0 Å². The van der Waals surface area contributed by atoms with E-state index in [1.54, 1.807) is 6.92 Å². The van der Waals surface area contributed by atoms with Gasteiger partial charge in [0.05, 0.1) is 11.5 Å². The van der Waals surface area contributed by atoms with Crippen molar-refractivity contribution in [2.24, 2.45) is 11.0 Å². The lowest BCUT2D eigenvalue weighted by Crippen LogP contribution is -2.33. The predicted octanol–water partition coefficient (Wildman–Crippen LogP) is 2.34. The highest BCUT2D eigenvalue weighted by molar-refractivity contribution is 6.06. The molecule has 23 heavy (non-hydrogen) atoms. The van der Waals surface area contributed by atoms with Crippen LogP contribution in [-0.4, -0.2) is 24.2 Å². The summed E-state index contributed by atoms with van der Waals surface area (Å²) in [7, 11) is 0. The summed E-state index contributed by atoms with van der Waals surface area (Å²) in [6.07, 6.45) is -4.02. The molecule has 1 heterocycles. The molecular formula is C14H15F3N4O2. The van der Waals surface area contributed by atoms with Gasteiger partial charge in [0.2, 0.25) is 5.91 Å². The second kappa shape index (κ2) is 6.67. The zero-order chi connectivity index (χ0) is 17.0. The van der Waals surface area contributed by atoms with Crippen LogP contribution >= 0.6 is 0 Å². The summed E-state index contributed by atoms with van der Waals surface area (Å²) in [5, 5.41) is 8.75. The molecule has 124 valence electrons. The zero-order valence-corrected chi connectivity index (χ0v) is 12.2. The summed E-state index contributed by atoms with van der Waals surface area (Å²) in [6.45, 7) is 1.95. The van der Waals surface area contributed by atoms with Gasteiger partial charge in [0.15, 0.2) is 0 Å². The van der Waals surface area contributed by atoms with Crippen LogP contribution in [0.2, 0.25) is 0 Å². The predicted molar refractivity (Wildman–Crippen MR) is 77.8 cm³/mol. The van der Waals surface area contributed by atoms with Crippen LogP contribution in [0.3, 0.4) is 0 Å². The minimum atomic E-state index is -4.41. The Morgan fingerprint density at radius 1 is 1.30 bits per heavy atom. The van der Waals surface area contributed by atoms with E-state index in [4.69, 9.17) is 0 Å². The van der Waals surface area contributed by atoms with Crippen LogP contribution < -0.4 is 16.1 Å². The van der Waals surface area contributed by atoms with Crippen LogP contribution in [0.15, 0.2) is 29.4 Å². The smallest absolute Gasteiger partial charge is 0.338 e. The first-order valence-electron chi connectivity index (χ1n) is 6.83. The lowest BCUT2D eigenvalue weighted by molar-refractivity contribution is -0.137. The molecule has 0 aromatic heterocycles. The number of rotatable bonds is 4. The van der Waals surface area contributed by atoms with Gasteiger partial charge in [-0.3, -0.25) is 4.79 Å². The molecule has 0 saturated carbocycles. The maximum atomic E-state index is 12.4. The third-order valence-corrected chi connectivity index (χ3v) is 3.35. The first-order valence-corrected chi connectivity index (χ1v) is 6.83. The summed E-state index contributed by atoms with van der Waals surface area (Å²) >= 11 is 0. The van der Waals surface area contributed by atoms with Crippen molar-refractivity contribution in [2.45, 2.75) is 19.5 Å². The average molecular weight is 328 g/mol. The average Bonchev–Trinajstić information content (AvgIpc) is 2.78. The molecule has 9 heteroatoms. The molecule has 3 N–H and O–H groups in total. The molecule has 1 aromatic rings. The Bertz CT molecular complexity index is 626. The molecule has 0 saturated heterocycles. The summed E-state index contributed by atoms with van der Waals surface area (Å²) in [5.74, 6) is -0.589. The van der Waals surface area contributed by atoms with Crippen molar-refractivity contribution in [3.8, 4) is 0 Å². The Morgan fingerprint density at radius 3 is 2.48 bits per heavy atom. The van der Waals surface area contributed by atoms with E-state index in [1.165, 1.54) is 12.1 Å². The summed E-state index contributed by atoms with van der Waals surface area (Å²) < 4.78 is 37.3. The van der Waals surface area contributed by atoms with Crippen LogP contribution in [0.25, 0.3) is 0 Å². The van der Waals surface area contributed by atoms with Gasteiger partial charge in [-0.1, -0.05) is 0 Å². The zero-order valence-electron chi connectivity index (χ0n) is 12.2. The Hall–Kier alpha value is -2.58. The molecule has 1 aromatic carbocycles. The van der Waals surface area contributed by atoms with Gasteiger partial charge in [0, 0.05) is 17.9 Å². The third kappa shape index (κ3) is 4.44. The number of halogens is 3. The number of benzene rings is 1. The maximum Gasteiger partial charge on any atom is 0.416 e. The number of hydrogen-bond acceptors (Lipinski definition) is 3. The fraction of sp³-hybridized carbons (Fsp3) is 0.357. The van der Waals surface area contributed by atoms with Crippen molar-refractivity contribution < 1.29 is 22.8 Å². The molecule has 3 amide bonds. The highest BCUT2D eigenvalue weighted by atomic mass is 19.4. The summed E-state index contributed by atoms with van der Waals surface area (Å²) in [4.78, 5) is 23.1. The van der Waals surface area contributed by atoms with Gasteiger partial charge in [-0.25, -0.2) is 10.2 Å². The van der Waals surface area contributed by atoms with Gasteiger partial charge >= 0.3 is 12.2 Å². The first-order chi connectivity index (χ1) is 10.8. The normalized spacial score (nSPS) is 17.5. The number of alkyl halides is 3. The molecule has 2 rings (SSSR count). The van der Waals surface area contributed by atoms with Gasteiger partial charge in [0.25, 0.3) is 0 Å². The fourth-order valence-corrected chi connectivity index (χ4v) is 2.08. The number of hydrogen-bond donors (Lipinski definition) is 3. The van der Waals surface area contributed by atoms with Gasteiger partial charge in [-0.05, 0) is 37.6 Å². The fourth-order valence-electron chi connectivity index (χ4n) is 2.08. The topological polar surface area (TPSA) is 82.6 Å². The monoisotopic (exact) mass is 328 g/mol. The number of amides is 3. The van der Waals surface area contributed by atoms with E-state index in [9.17, 15) is 22.8 Å². The maximum absolute atomic E-state index is 12.4. The molecule has 6 nitrogen and oxygen atoms in total. The number of anilines is 1. The Morgan fingerprint density at radius 2 is 1.96 bits per heavy atom. The molecule has 0 bridgehead atoms. The van der Waals surface area contributed by atoms with Gasteiger partial charge < -0.3 is 10.6 Å². The van der Waals surface area contributed by atoms with Crippen molar-refractivity contribution in [2.75, 3.05) is 11.9 Å². The van der Waals surface area contributed by atoms with E-state index >= 15 is 0 Å². The van der Waals surface area contributed by atoms with Gasteiger partial charge in [-0.2, -0.15) is 18.3 Å². The molecule has 1 aliphatic heterocycles. The Kier molecular flexibility index (Phi) is 4.87. The highest BCUT2D eigenvalue weighted by Gasteiger charge is 2.30. The number of carbonyl (C=O) groups excluding carboxylic acids is 2. The van der Waals surface area contributed by atoms with E-state index in [0.717, 1.165) is 12.1 Å². The lowest BCUT2D eigenvalue weighted by atomic mass is 10.0. The van der Waals surface area contributed by atoms with Gasteiger partial charge in [0.1, 0.15) is 0 Å². The van der Waals surface area contributed by atoms with E-state index in [-0.39, 0.29) is 24.1 Å². The van der Waals surface area contributed by atoms with Crippen molar-refractivity contribution in [1.82, 2.24) is 10.7 Å². The number of carbonyl (C=O) groups is 2. The minimum absolute atomic E-state index is 0.215. The first kappa shape index (κ1) is 16.8. The van der Waals surface area contributed by atoms with E-state index in [1.807, 2.05) is 0 Å². The molecule has 0 aliphatic carbocycles. The lowest BCUT2D eigenvalue weighted by Gasteiger charge is -2.11. The van der Waals surface area contributed by atoms with Crippen LogP contribution in [0.1, 0.15) is 18.9 Å². The summed E-state index contributed by atoms with van der Waals surface area (Å²) in [5.41, 5.74) is 2.45. The van der Waals surface area contributed by atoms with Crippen molar-refractivity contribution >= 4 is 23.3 Å². The minimum Gasteiger partial charge on any atom is -0.338 e. The van der Waals surface area contributed by atoms with Crippen LogP contribution in [0.4, 0.5) is 23.7 Å². The van der Waals surface area contributed by atoms with E-state index < -0.39 is 17.8 Å². The van der Waals surface area contributed by atoms with E-state index in [0.29, 0.717) is 12.1 Å². The molecule has 1 atom stereocenters. The highest BCUT2D eigenvalue weighted by Crippen LogP contribution is 2.29. The van der Waals surface area contributed by atoms with Crippen molar-refractivity contribution in [3.63, 3.8) is 0 Å². The number of urea groups is 1. The second-order valence-electron chi connectivity index (χ2n) is 5.03. The molecular weight excluding hydrogens is 313 g/mol. The van der Waals surface area contributed by atoms with E-state index in [2.05, 4.69) is 21.2 Å². The van der Waals surface area contributed by atoms with Crippen molar-refractivity contribution in [3.05, 3.63) is 29.8 Å². The Labute approximate surface area is 130 Å². The largest absolute Gasteiger partial charge is 0.416 e. The Balaban J connectivity index is 1.79. The summed E-state index contributed by atoms with van der Waals surface area (Å²) in [6, 6.07) is 3.56. The number of nitrogens with one attached hydrogen (secondary N) is 3.